The maximum atomic E-state index is 11.0. The van der Waals surface area contributed by atoms with Crippen molar-refractivity contribution in [2.45, 2.75) is 32.2 Å². The topological polar surface area (TPSA) is 102 Å². The lowest BCUT2D eigenvalue weighted by Gasteiger charge is -2.34. The predicted molar refractivity (Wildman–Crippen MR) is 165 cm³/mol. The van der Waals surface area contributed by atoms with Crippen LogP contribution in [0.4, 0.5) is 5.95 Å². The summed E-state index contributed by atoms with van der Waals surface area (Å²) in [6.45, 7) is 6.82. The number of aliphatic hydroxyl groups excluding tert-OH is 1. The Morgan fingerprint density at radius 2 is 1.52 bits per heavy atom. The minimum Gasteiger partial charge on any atom is -0.481 e. The summed E-state index contributed by atoms with van der Waals surface area (Å²) in [7, 11) is 0. The van der Waals surface area contributed by atoms with Crippen molar-refractivity contribution in [1.29, 1.82) is 0 Å². The third-order valence-corrected chi connectivity index (χ3v) is 8.40. The summed E-state index contributed by atoms with van der Waals surface area (Å²) in [4.78, 5) is 26.9. The summed E-state index contributed by atoms with van der Waals surface area (Å²) in [5.74, 6) is 1.62. The van der Waals surface area contributed by atoms with Crippen molar-refractivity contribution < 1.29 is 19.7 Å². The Balaban J connectivity index is 1.30. The number of nitrogens with zero attached hydrogens (tertiary/aromatic N) is 5. The van der Waals surface area contributed by atoms with E-state index in [0.29, 0.717) is 40.0 Å². The summed E-state index contributed by atoms with van der Waals surface area (Å²) in [6.07, 6.45) is 6.38. The second-order valence-electron chi connectivity index (χ2n) is 11.0. The van der Waals surface area contributed by atoms with Crippen LogP contribution in [0.2, 0.25) is 10.0 Å². The zero-order valence-electron chi connectivity index (χ0n) is 23.6. The van der Waals surface area contributed by atoms with Crippen molar-refractivity contribution in [2.75, 3.05) is 57.3 Å². The number of ether oxygens (including phenoxy) is 1. The molecule has 0 amide bonds. The Morgan fingerprint density at radius 3 is 2.17 bits per heavy atom. The summed E-state index contributed by atoms with van der Waals surface area (Å²) < 4.78 is 6.27. The highest BCUT2D eigenvalue weighted by Gasteiger charge is 2.21. The van der Waals surface area contributed by atoms with Gasteiger partial charge in [0.2, 0.25) is 5.95 Å². The normalized spacial score (nSPS) is 17.0. The van der Waals surface area contributed by atoms with Crippen LogP contribution in [0.1, 0.15) is 31.2 Å². The van der Waals surface area contributed by atoms with E-state index in [9.17, 15) is 9.90 Å². The standard InChI is InChI=1S/C31H37Cl2N5O4/c32-26-15-25(16-27(33)18-26)24-13-23(21-37-5-3-22(4-6-37)1-2-30(40)41)14-28(17-24)42-29-19-34-31(35-20-29)38-9-7-36(8-10-38)11-12-39/h13-20,22,39H,1-12,21H2,(H,40,41). The lowest BCUT2D eigenvalue weighted by Crippen LogP contribution is -2.47. The second kappa shape index (κ2) is 14.5. The fraction of sp³-hybridized carbons (Fsp3) is 0.452. The lowest BCUT2D eigenvalue weighted by molar-refractivity contribution is -0.137. The van der Waals surface area contributed by atoms with Gasteiger partial charge in [0, 0.05) is 55.7 Å². The zero-order valence-corrected chi connectivity index (χ0v) is 25.1. The van der Waals surface area contributed by atoms with E-state index in [1.54, 1.807) is 18.5 Å². The van der Waals surface area contributed by atoms with Gasteiger partial charge in [-0.3, -0.25) is 14.6 Å². The Morgan fingerprint density at radius 1 is 0.857 bits per heavy atom. The number of piperidine rings is 1. The van der Waals surface area contributed by atoms with E-state index in [-0.39, 0.29) is 13.0 Å². The molecule has 3 aromatic rings. The Labute approximate surface area is 256 Å². The van der Waals surface area contributed by atoms with Crippen LogP contribution in [0.5, 0.6) is 11.5 Å². The molecule has 5 rings (SSSR count). The number of aliphatic hydroxyl groups is 1. The molecule has 2 fully saturated rings. The fourth-order valence-corrected chi connectivity index (χ4v) is 6.22. The molecule has 0 radical (unpaired) electrons. The van der Waals surface area contributed by atoms with Gasteiger partial charge in [0.25, 0.3) is 0 Å². The number of aromatic nitrogens is 2. The predicted octanol–water partition coefficient (Wildman–Crippen LogP) is 5.43. The van der Waals surface area contributed by atoms with Crippen molar-refractivity contribution >= 4 is 35.1 Å². The number of halogens is 2. The number of benzene rings is 2. The molecular formula is C31H37Cl2N5O4. The molecular weight excluding hydrogens is 577 g/mol. The molecule has 0 unspecified atom stereocenters. The average Bonchev–Trinajstić information content (AvgIpc) is 2.97. The molecule has 42 heavy (non-hydrogen) atoms. The molecule has 3 heterocycles. The molecule has 2 aliphatic rings. The molecule has 224 valence electrons. The van der Waals surface area contributed by atoms with Crippen LogP contribution in [0.25, 0.3) is 11.1 Å². The molecule has 0 saturated carbocycles. The summed E-state index contributed by atoms with van der Waals surface area (Å²) in [5.41, 5.74) is 2.95. The van der Waals surface area contributed by atoms with Gasteiger partial charge in [-0.15, -0.1) is 0 Å². The number of aliphatic carboxylic acids is 1. The first-order chi connectivity index (χ1) is 20.3. The molecule has 2 aromatic carbocycles. The van der Waals surface area contributed by atoms with E-state index in [2.05, 4.69) is 30.7 Å². The van der Waals surface area contributed by atoms with Crippen molar-refractivity contribution in [1.82, 2.24) is 19.8 Å². The quantitative estimate of drug-likeness (QED) is 0.293. The Kier molecular flexibility index (Phi) is 10.5. The van der Waals surface area contributed by atoms with Crippen LogP contribution in [0.15, 0.2) is 48.8 Å². The number of likely N-dealkylation sites (tertiary alicyclic amines) is 1. The van der Waals surface area contributed by atoms with E-state index in [1.165, 1.54) is 0 Å². The third kappa shape index (κ3) is 8.55. The highest BCUT2D eigenvalue weighted by atomic mass is 35.5. The number of hydrogen-bond donors (Lipinski definition) is 2. The molecule has 9 nitrogen and oxygen atoms in total. The monoisotopic (exact) mass is 613 g/mol. The van der Waals surface area contributed by atoms with Gasteiger partial charge >= 0.3 is 5.97 Å². The van der Waals surface area contributed by atoms with Crippen molar-refractivity contribution in [3.8, 4) is 22.6 Å². The number of carbonyl (C=O) groups is 1. The number of anilines is 1. The molecule has 11 heteroatoms. The first-order valence-electron chi connectivity index (χ1n) is 14.5. The van der Waals surface area contributed by atoms with Gasteiger partial charge in [-0.2, -0.15) is 0 Å². The SMILES string of the molecule is O=C(O)CCC1CCN(Cc2cc(Oc3cnc(N4CCN(CCO)CC4)nc3)cc(-c3cc(Cl)cc(Cl)c3)c2)CC1. The number of carboxylic acid groups (broad SMARTS) is 1. The van der Waals surface area contributed by atoms with Gasteiger partial charge in [-0.05, 0) is 91.4 Å². The Bertz CT molecular complexity index is 1320. The van der Waals surface area contributed by atoms with Crippen molar-refractivity contribution in [3.05, 3.63) is 64.4 Å². The maximum Gasteiger partial charge on any atom is 0.303 e. The number of piperazine rings is 1. The summed E-state index contributed by atoms with van der Waals surface area (Å²) in [6, 6.07) is 11.7. The summed E-state index contributed by atoms with van der Waals surface area (Å²) >= 11 is 12.7. The second-order valence-corrected chi connectivity index (χ2v) is 11.9. The zero-order chi connectivity index (χ0) is 29.5. The molecule has 2 aliphatic heterocycles. The van der Waals surface area contributed by atoms with Gasteiger partial charge in [0.1, 0.15) is 5.75 Å². The fourth-order valence-electron chi connectivity index (χ4n) is 5.69. The maximum absolute atomic E-state index is 11.0. The smallest absolute Gasteiger partial charge is 0.303 e. The number of β-amino-alcohol motifs (C(OH)–C–C–N with tert-alkyl or cyclic N) is 1. The Hall–Kier alpha value is -2.95. The van der Waals surface area contributed by atoms with Crippen molar-refractivity contribution in [3.63, 3.8) is 0 Å². The van der Waals surface area contributed by atoms with Gasteiger partial charge in [0.05, 0.1) is 19.0 Å². The van der Waals surface area contributed by atoms with Crippen molar-refractivity contribution in [2.24, 2.45) is 5.92 Å². The van der Waals surface area contributed by atoms with Crippen LogP contribution in [-0.4, -0.2) is 88.4 Å². The third-order valence-electron chi connectivity index (χ3n) is 7.96. The van der Waals surface area contributed by atoms with E-state index in [1.807, 2.05) is 24.3 Å². The molecule has 0 bridgehead atoms. The van der Waals surface area contributed by atoms with Crippen LogP contribution in [-0.2, 0) is 11.3 Å². The van der Waals surface area contributed by atoms with Gasteiger partial charge in [0.15, 0.2) is 5.75 Å². The van der Waals surface area contributed by atoms with Gasteiger partial charge < -0.3 is 19.8 Å². The molecule has 2 saturated heterocycles. The molecule has 0 aliphatic carbocycles. The van der Waals surface area contributed by atoms with Gasteiger partial charge in [-0.1, -0.05) is 23.2 Å². The van der Waals surface area contributed by atoms with E-state index >= 15 is 0 Å². The highest BCUT2D eigenvalue weighted by molar-refractivity contribution is 6.35. The lowest BCUT2D eigenvalue weighted by atomic mass is 9.92. The van der Waals surface area contributed by atoms with Crippen LogP contribution in [0, 0.1) is 5.92 Å². The largest absolute Gasteiger partial charge is 0.481 e. The van der Waals surface area contributed by atoms with Crippen LogP contribution >= 0.6 is 23.2 Å². The van der Waals surface area contributed by atoms with E-state index in [4.69, 9.17) is 33.0 Å². The first kappa shape index (κ1) is 30.5. The average molecular weight is 615 g/mol. The number of hydrogen-bond acceptors (Lipinski definition) is 8. The number of carboxylic acids is 1. The van der Waals surface area contributed by atoms with Crippen LogP contribution in [0.3, 0.4) is 0 Å². The highest BCUT2D eigenvalue weighted by Crippen LogP contribution is 2.33. The van der Waals surface area contributed by atoms with Gasteiger partial charge in [-0.25, -0.2) is 9.97 Å². The minimum atomic E-state index is -0.722. The molecule has 2 N–H and O–H groups in total. The van der Waals surface area contributed by atoms with E-state index < -0.39 is 5.97 Å². The molecule has 0 atom stereocenters. The molecule has 1 aromatic heterocycles. The molecule has 0 spiro atoms. The number of rotatable bonds is 11. The minimum absolute atomic E-state index is 0.170. The first-order valence-corrected chi connectivity index (χ1v) is 15.2. The van der Waals surface area contributed by atoms with E-state index in [0.717, 1.165) is 81.8 Å². The summed E-state index contributed by atoms with van der Waals surface area (Å²) in [5, 5.41) is 19.3. The van der Waals surface area contributed by atoms with Crippen LogP contribution < -0.4 is 9.64 Å².